The Morgan fingerprint density at radius 3 is 2.56 bits per heavy atom. The van der Waals surface area contributed by atoms with Gasteiger partial charge >= 0.3 is 0 Å². The van der Waals surface area contributed by atoms with Crippen LogP contribution in [0.15, 0.2) is 30.3 Å². The number of rotatable bonds is 6. The summed E-state index contributed by atoms with van der Waals surface area (Å²) in [6.07, 6.45) is 0.127. The van der Waals surface area contributed by atoms with Gasteiger partial charge in [0, 0.05) is 12.0 Å². The molecule has 1 aromatic carbocycles. The Kier molecular flexibility index (Phi) is 4.46. The lowest BCUT2D eigenvalue weighted by atomic mass is 10.0. The van der Waals surface area contributed by atoms with Gasteiger partial charge in [0.25, 0.3) is 0 Å². The second-order valence-electron chi connectivity index (χ2n) is 4.28. The van der Waals surface area contributed by atoms with E-state index in [1.54, 1.807) is 6.92 Å². The van der Waals surface area contributed by atoms with Crippen LogP contribution in [0.2, 0.25) is 0 Å². The van der Waals surface area contributed by atoms with Crippen LogP contribution in [0.3, 0.4) is 0 Å². The van der Waals surface area contributed by atoms with Crippen LogP contribution in [0.1, 0.15) is 18.9 Å². The Labute approximate surface area is 95.6 Å². The Morgan fingerprint density at radius 1 is 1.38 bits per heavy atom. The van der Waals surface area contributed by atoms with Crippen molar-refractivity contribution in [3.63, 3.8) is 0 Å². The zero-order valence-corrected chi connectivity index (χ0v) is 9.48. The van der Waals surface area contributed by atoms with Crippen molar-refractivity contribution in [1.29, 1.82) is 0 Å². The monoisotopic (exact) mass is 222 g/mol. The maximum atomic E-state index is 10.7. The minimum Gasteiger partial charge on any atom is -0.375 e. The first kappa shape index (κ1) is 12.7. The van der Waals surface area contributed by atoms with Gasteiger partial charge in [-0.05, 0) is 12.5 Å². The second kappa shape index (κ2) is 5.63. The lowest BCUT2D eigenvalue weighted by Crippen LogP contribution is -2.44. The van der Waals surface area contributed by atoms with Gasteiger partial charge in [-0.1, -0.05) is 30.3 Å². The van der Waals surface area contributed by atoms with Crippen molar-refractivity contribution in [3.8, 4) is 0 Å². The maximum absolute atomic E-state index is 10.7. The third-order valence-corrected chi connectivity index (χ3v) is 2.12. The van der Waals surface area contributed by atoms with Crippen LogP contribution >= 0.6 is 0 Å². The summed E-state index contributed by atoms with van der Waals surface area (Å²) in [5.41, 5.74) is 11.3. The van der Waals surface area contributed by atoms with E-state index in [0.717, 1.165) is 5.56 Å². The predicted octanol–water partition coefficient (Wildman–Crippen LogP) is 0.796. The SMILES string of the molecule is CC(N)(COCc1ccccc1)CC(N)=O. The summed E-state index contributed by atoms with van der Waals surface area (Å²) in [5, 5.41) is 0. The van der Waals surface area contributed by atoms with Crippen LogP contribution in [-0.2, 0) is 16.1 Å². The molecule has 0 heterocycles. The number of amides is 1. The number of ether oxygens (including phenoxy) is 1. The van der Waals surface area contributed by atoms with E-state index in [0.29, 0.717) is 13.2 Å². The minimum absolute atomic E-state index is 0.127. The lowest BCUT2D eigenvalue weighted by molar-refractivity contribution is -0.119. The third kappa shape index (κ3) is 4.91. The molecule has 4 nitrogen and oxygen atoms in total. The van der Waals surface area contributed by atoms with Gasteiger partial charge in [0.15, 0.2) is 0 Å². The predicted molar refractivity (Wildman–Crippen MR) is 62.5 cm³/mol. The van der Waals surface area contributed by atoms with Gasteiger partial charge in [-0.3, -0.25) is 4.79 Å². The number of hydrogen-bond acceptors (Lipinski definition) is 3. The van der Waals surface area contributed by atoms with Crippen molar-refractivity contribution < 1.29 is 9.53 Å². The van der Waals surface area contributed by atoms with Gasteiger partial charge in [0.05, 0.1) is 13.2 Å². The van der Waals surface area contributed by atoms with Crippen LogP contribution in [0, 0.1) is 0 Å². The molecule has 0 saturated carbocycles. The van der Waals surface area contributed by atoms with E-state index in [2.05, 4.69) is 0 Å². The van der Waals surface area contributed by atoms with Crippen LogP contribution in [0.25, 0.3) is 0 Å². The molecule has 0 bridgehead atoms. The van der Waals surface area contributed by atoms with Crippen LogP contribution in [-0.4, -0.2) is 18.1 Å². The Bertz CT molecular complexity index is 336. The van der Waals surface area contributed by atoms with Crippen LogP contribution in [0.4, 0.5) is 0 Å². The molecule has 0 saturated heterocycles. The number of carbonyl (C=O) groups excluding carboxylic acids is 1. The molecule has 1 rings (SSSR count). The van der Waals surface area contributed by atoms with Crippen LogP contribution in [0.5, 0.6) is 0 Å². The molecule has 0 aromatic heterocycles. The Hall–Kier alpha value is -1.39. The molecule has 16 heavy (non-hydrogen) atoms. The van der Waals surface area contributed by atoms with Crippen molar-refractivity contribution in [2.45, 2.75) is 25.5 Å². The minimum atomic E-state index is -0.694. The third-order valence-electron chi connectivity index (χ3n) is 2.12. The summed E-state index contributed by atoms with van der Waals surface area (Å²) in [6, 6.07) is 9.79. The second-order valence-corrected chi connectivity index (χ2v) is 4.28. The molecule has 0 aliphatic heterocycles. The topological polar surface area (TPSA) is 78.3 Å². The van der Waals surface area contributed by atoms with E-state index in [1.807, 2.05) is 30.3 Å². The summed E-state index contributed by atoms with van der Waals surface area (Å²) in [7, 11) is 0. The fraction of sp³-hybridized carbons (Fsp3) is 0.417. The first-order valence-corrected chi connectivity index (χ1v) is 5.18. The number of benzene rings is 1. The fourth-order valence-electron chi connectivity index (χ4n) is 1.43. The Morgan fingerprint density at radius 2 is 2.00 bits per heavy atom. The quantitative estimate of drug-likeness (QED) is 0.747. The smallest absolute Gasteiger partial charge is 0.219 e. The first-order chi connectivity index (χ1) is 7.49. The highest BCUT2D eigenvalue weighted by Crippen LogP contribution is 2.08. The number of hydrogen-bond donors (Lipinski definition) is 2. The maximum Gasteiger partial charge on any atom is 0.219 e. The normalized spacial score (nSPS) is 14.4. The summed E-state index contributed by atoms with van der Waals surface area (Å²) < 4.78 is 5.45. The van der Waals surface area contributed by atoms with E-state index < -0.39 is 11.4 Å². The molecule has 4 N–H and O–H groups in total. The van der Waals surface area contributed by atoms with Crippen molar-refractivity contribution in [2.75, 3.05) is 6.61 Å². The highest BCUT2D eigenvalue weighted by atomic mass is 16.5. The zero-order valence-electron chi connectivity index (χ0n) is 9.48. The average Bonchev–Trinajstić information content (AvgIpc) is 2.16. The molecule has 1 aromatic rings. The van der Waals surface area contributed by atoms with Gasteiger partial charge < -0.3 is 16.2 Å². The van der Waals surface area contributed by atoms with E-state index in [1.165, 1.54) is 0 Å². The highest BCUT2D eigenvalue weighted by Gasteiger charge is 2.21. The van der Waals surface area contributed by atoms with E-state index in [9.17, 15) is 4.79 Å². The standard InChI is InChI=1S/C12H18N2O2/c1-12(14,7-11(13)15)9-16-8-10-5-3-2-4-6-10/h2-6H,7-9,14H2,1H3,(H2,13,15). The van der Waals surface area contributed by atoms with Gasteiger partial charge in [0.1, 0.15) is 0 Å². The lowest BCUT2D eigenvalue weighted by Gasteiger charge is -2.22. The van der Waals surface area contributed by atoms with Gasteiger partial charge in [-0.25, -0.2) is 0 Å². The van der Waals surface area contributed by atoms with Crippen molar-refractivity contribution in [3.05, 3.63) is 35.9 Å². The van der Waals surface area contributed by atoms with Gasteiger partial charge in [0.2, 0.25) is 5.91 Å². The average molecular weight is 222 g/mol. The summed E-state index contributed by atoms with van der Waals surface area (Å²) in [4.78, 5) is 10.7. The van der Waals surface area contributed by atoms with Crippen molar-refractivity contribution >= 4 is 5.91 Å². The van der Waals surface area contributed by atoms with Crippen molar-refractivity contribution in [2.24, 2.45) is 11.5 Å². The molecular formula is C12H18N2O2. The molecule has 88 valence electrons. The summed E-state index contributed by atoms with van der Waals surface area (Å²) in [5.74, 6) is -0.409. The fourth-order valence-corrected chi connectivity index (χ4v) is 1.43. The van der Waals surface area contributed by atoms with Gasteiger partial charge in [-0.2, -0.15) is 0 Å². The summed E-state index contributed by atoms with van der Waals surface area (Å²) in [6.45, 7) is 2.56. The van der Waals surface area contributed by atoms with Crippen molar-refractivity contribution in [1.82, 2.24) is 0 Å². The van der Waals surface area contributed by atoms with E-state index in [-0.39, 0.29) is 6.42 Å². The molecule has 1 unspecified atom stereocenters. The number of carbonyl (C=O) groups is 1. The molecular weight excluding hydrogens is 204 g/mol. The van der Waals surface area contributed by atoms with E-state index >= 15 is 0 Å². The largest absolute Gasteiger partial charge is 0.375 e. The Balaban J connectivity index is 2.32. The number of primary amides is 1. The molecule has 0 fully saturated rings. The molecule has 0 spiro atoms. The number of nitrogens with two attached hydrogens (primary N) is 2. The molecule has 0 aliphatic rings. The van der Waals surface area contributed by atoms with E-state index in [4.69, 9.17) is 16.2 Å². The molecule has 1 amide bonds. The summed E-state index contributed by atoms with van der Waals surface area (Å²) >= 11 is 0. The molecule has 4 heteroatoms. The first-order valence-electron chi connectivity index (χ1n) is 5.18. The molecule has 0 radical (unpaired) electrons. The van der Waals surface area contributed by atoms with Gasteiger partial charge in [-0.15, -0.1) is 0 Å². The molecule has 1 atom stereocenters. The highest BCUT2D eigenvalue weighted by molar-refractivity contribution is 5.75. The zero-order chi connectivity index (χ0) is 12.0. The molecule has 0 aliphatic carbocycles. The van der Waals surface area contributed by atoms with Crippen LogP contribution < -0.4 is 11.5 Å².